The van der Waals surface area contributed by atoms with Gasteiger partial charge in [-0.05, 0) is 18.6 Å². The van der Waals surface area contributed by atoms with Crippen LogP contribution in [0.25, 0.3) is 11.0 Å². The monoisotopic (exact) mass is 281 g/mol. The molecule has 0 saturated carbocycles. The SMILES string of the molecule is CCCCC(N)c1nc2c(S(C)(=O)=O)cccc2[nH]1. The fourth-order valence-corrected chi connectivity index (χ4v) is 2.89. The van der Waals surface area contributed by atoms with Crippen LogP contribution in [0.3, 0.4) is 0 Å². The molecule has 104 valence electrons. The van der Waals surface area contributed by atoms with Gasteiger partial charge in [-0.25, -0.2) is 13.4 Å². The zero-order valence-electron chi connectivity index (χ0n) is 11.2. The van der Waals surface area contributed by atoms with Crippen molar-refractivity contribution in [2.24, 2.45) is 5.73 Å². The number of fused-ring (bicyclic) bond motifs is 1. The number of nitrogens with zero attached hydrogens (tertiary/aromatic N) is 1. The van der Waals surface area contributed by atoms with Crippen molar-refractivity contribution in [3.63, 3.8) is 0 Å². The van der Waals surface area contributed by atoms with E-state index < -0.39 is 9.84 Å². The Morgan fingerprint density at radius 3 is 2.79 bits per heavy atom. The molecule has 1 aromatic heterocycles. The third-order valence-corrected chi connectivity index (χ3v) is 4.24. The Bertz CT molecular complexity index is 676. The summed E-state index contributed by atoms with van der Waals surface area (Å²) in [7, 11) is -3.28. The van der Waals surface area contributed by atoms with Crippen molar-refractivity contribution in [2.75, 3.05) is 6.26 Å². The zero-order valence-corrected chi connectivity index (χ0v) is 12.0. The standard InChI is InChI=1S/C13H19N3O2S/c1-3-4-6-9(14)13-15-10-7-5-8-11(12(10)16-13)19(2,17)18/h5,7-9H,3-4,6,14H2,1-2H3,(H,15,16). The van der Waals surface area contributed by atoms with E-state index in [9.17, 15) is 8.42 Å². The van der Waals surface area contributed by atoms with Crippen LogP contribution in [0.15, 0.2) is 23.1 Å². The molecule has 5 nitrogen and oxygen atoms in total. The Labute approximate surface area is 113 Å². The van der Waals surface area contributed by atoms with E-state index in [4.69, 9.17) is 5.73 Å². The third kappa shape index (κ3) is 2.96. The van der Waals surface area contributed by atoms with Gasteiger partial charge in [-0.15, -0.1) is 0 Å². The summed E-state index contributed by atoms with van der Waals surface area (Å²) in [6.45, 7) is 2.10. The zero-order chi connectivity index (χ0) is 14.0. The number of aromatic amines is 1. The molecule has 0 radical (unpaired) electrons. The van der Waals surface area contributed by atoms with E-state index in [-0.39, 0.29) is 10.9 Å². The molecule has 0 saturated heterocycles. The van der Waals surface area contributed by atoms with Crippen LogP contribution in [0, 0.1) is 0 Å². The van der Waals surface area contributed by atoms with Crippen LogP contribution in [-0.2, 0) is 9.84 Å². The molecule has 0 aliphatic heterocycles. The molecule has 1 atom stereocenters. The van der Waals surface area contributed by atoms with E-state index in [1.807, 2.05) is 6.07 Å². The minimum atomic E-state index is -3.28. The van der Waals surface area contributed by atoms with Gasteiger partial charge in [-0.3, -0.25) is 0 Å². The normalized spacial score (nSPS) is 13.8. The van der Waals surface area contributed by atoms with Crippen LogP contribution in [0.1, 0.15) is 38.1 Å². The topological polar surface area (TPSA) is 88.8 Å². The quantitative estimate of drug-likeness (QED) is 0.879. The molecule has 0 spiro atoms. The number of sulfone groups is 1. The summed E-state index contributed by atoms with van der Waals surface area (Å²) >= 11 is 0. The first-order valence-corrected chi connectivity index (χ1v) is 8.27. The van der Waals surface area contributed by atoms with Gasteiger partial charge in [-0.1, -0.05) is 25.8 Å². The molecule has 2 rings (SSSR count). The van der Waals surface area contributed by atoms with Gasteiger partial charge in [0.05, 0.1) is 16.5 Å². The summed E-state index contributed by atoms with van der Waals surface area (Å²) < 4.78 is 23.4. The number of H-pyrrole nitrogens is 1. The maximum atomic E-state index is 11.7. The van der Waals surface area contributed by atoms with Crippen LogP contribution >= 0.6 is 0 Å². The second-order valence-corrected chi connectivity index (χ2v) is 6.78. The molecule has 0 bridgehead atoms. The lowest BCUT2D eigenvalue weighted by Crippen LogP contribution is -2.11. The molecule has 19 heavy (non-hydrogen) atoms. The van der Waals surface area contributed by atoms with Gasteiger partial charge < -0.3 is 10.7 Å². The molecule has 0 aliphatic carbocycles. The van der Waals surface area contributed by atoms with E-state index in [0.29, 0.717) is 16.9 Å². The van der Waals surface area contributed by atoms with E-state index in [2.05, 4.69) is 16.9 Å². The first-order valence-electron chi connectivity index (χ1n) is 6.37. The highest BCUT2D eigenvalue weighted by atomic mass is 32.2. The van der Waals surface area contributed by atoms with E-state index in [0.717, 1.165) is 19.3 Å². The molecule has 1 aromatic carbocycles. The summed E-state index contributed by atoms with van der Waals surface area (Å²) in [5.41, 5.74) is 7.25. The van der Waals surface area contributed by atoms with Gasteiger partial charge in [-0.2, -0.15) is 0 Å². The van der Waals surface area contributed by atoms with Gasteiger partial charge in [0.15, 0.2) is 9.84 Å². The highest BCUT2D eigenvalue weighted by molar-refractivity contribution is 7.91. The number of hydrogen-bond acceptors (Lipinski definition) is 4. The molecule has 1 unspecified atom stereocenters. The number of rotatable bonds is 5. The lowest BCUT2D eigenvalue weighted by Gasteiger charge is -2.06. The molecule has 0 fully saturated rings. The Morgan fingerprint density at radius 2 is 2.16 bits per heavy atom. The van der Waals surface area contributed by atoms with Crippen molar-refractivity contribution in [1.29, 1.82) is 0 Å². The first kappa shape index (κ1) is 14.0. The van der Waals surface area contributed by atoms with Gasteiger partial charge in [0.25, 0.3) is 0 Å². The second kappa shape index (κ2) is 5.30. The number of nitrogens with one attached hydrogen (secondary N) is 1. The largest absolute Gasteiger partial charge is 0.341 e. The first-order chi connectivity index (χ1) is 8.93. The molecule has 2 aromatic rings. The summed E-state index contributed by atoms with van der Waals surface area (Å²) in [4.78, 5) is 7.73. The average Bonchev–Trinajstić information content (AvgIpc) is 2.78. The summed E-state index contributed by atoms with van der Waals surface area (Å²) in [5, 5.41) is 0. The summed E-state index contributed by atoms with van der Waals surface area (Å²) in [6, 6.07) is 4.91. The second-order valence-electron chi connectivity index (χ2n) is 4.80. The molecular weight excluding hydrogens is 262 g/mol. The molecule has 0 aliphatic rings. The number of aromatic nitrogens is 2. The van der Waals surface area contributed by atoms with Crippen molar-refractivity contribution in [2.45, 2.75) is 37.1 Å². The molecule has 3 N–H and O–H groups in total. The molecule has 0 amide bonds. The van der Waals surface area contributed by atoms with Crippen LogP contribution < -0.4 is 5.73 Å². The number of benzene rings is 1. The predicted octanol–water partition coefficient (Wildman–Crippen LogP) is 2.16. The fourth-order valence-electron chi connectivity index (χ4n) is 2.06. The molecular formula is C13H19N3O2S. The fraction of sp³-hybridized carbons (Fsp3) is 0.462. The molecule has 1 heterocycles. The number of unbranched alkanes of at least 4 members (excludes halogenated alkanes) is 1. The lowest BCUT2D eigenvalue weighted by molar-refractivity contribution is 0.581. The Morgan fingerprint density at radius 1 is 1.42 bits per heavy atom. The summed E-state index contributed by atoms with van der Waals surface area (Å²) in [5.74, 6) is 0.652. The van der Waals surface area contributed by atoms with Crippen molar-refractivity contribution in [3.8, 4) is 0 Å². The molecule has 6 heteroatoms. The van der Waals surface area contributed by atoms with Crippen LogP contribution in [0.4, 0.5) is 0 Å². The lowest BCUT2D eigenvalue weighted by atomic mass is 10.1. The maximum absolute atomic E-state index is 11.7. The highest BCUT2D eigenvalue weighted by Crippen LogP contribution is 2.23. The van der Waals surface area contributed by atoms with Gasteiger partial charge >= 0.3 is 0 Å². The average molecular weight is 281 g/mol. The number of hydrogen-bond donors (Lipinski definition) is 2. The minimum absolute atomic E-state index is 0.181. The van der Waals surface area contributed by atoms with Crippen molar-refractivity contribution in [1.82, 2.24) is 9.97 Å². The maximum Gasteiger partial charge on any atom is 0.177 e. The van der Waals surface area contributed by atoms with Crippen molar-refractivity contribution < 1.29 is 8.42 Å². The van der Waals surface area contributed by atoms with Crippen molar-refractivity contribution >= 4 is 20.9 Å². The van der Waals surface area contributed by atoms with Crippen LogP contribution in [0.5, 0.6) is 0 Å². The van der Waals surface area contributed by atoms with Crippen LogP contribution in [0.2, 0.25) is 0 Å². The number of para-hydroxylation sites is 1. The van der Waals surface area contributed by atoms with Gasteiger partial charge in [0.2, 0.25) is 0 Å². The Kier molecular flexibility index (Phi) is 3.91. The highest BCUT2D eigenvalue weighted by Gasteiger charge is 2.17. The van der Waals surface area contributed by atoms with Gasteiger partial charge in [0, 0.05) is 6.26 Å². The Hall–Kier alpha value is -1.40. The number of nitrogens with two attached hydrogens (primary N) is 1. The minimum Gasteiger partial charge on any atom is -0.341 e. The summed E-state index contributed by atoms with van der Waals surface area (Å²) in [6.07, 6.45) is 4.12. The van der Waals surface area contributed by atoms with Gasteiger partial charge in [0.1, 0.15) is 11.3 Å². The number of imidazole rings is 1. The van der Waals surface area contributed by atoms with E-state index in [1.165, 1.54) is 6.26 Å². The smallest absolute Gasteiger partial charge is 0.177 e. The Balaban J connectivity index is 2.46. The van der Waals surface area contributed by atoms with E-state index >= 15 is 0 Å². The third-order valence-electron chi connectivity index (χ3n) is 3.11. The van der Waals surface area contributed by atoms with Crippen LogP contribution in [-0.4, -0.2) is 24.6 Å². The van der Waals surface area contributed by atoms with Crippen molar-refractivity contribution in [3.05, 3.63) is 24.0 Å². The van der Waals surface area contributed by atoms with E-state index in [1.54, 1.807) is 12.1 Å². The predicted molar refractivity (Wildman–Crippen MR) is 75.7 cm³/mol.